The summed E-state index contributed by atoms with van der Waals surface area (Å²) in [5, 5.41) is 10.7. The van der Waals surface area contributed by atoms with Gasteiger partial charge in [0.25, 0.3) is 0 Å². The zero-order valence-electron chi connectivity index (χ0n) is 10.9. The van der Waals surface area contributed by atoms with Crippen molar-refractivity contribution in [3.05, 3.63) is 69.3 Å². The second kappa shape index (κ2) is 6.27. The minimum atomic E-state index is -0.945. The number of nitrogens with two attached hydrogens (primary N) is 1. The van der Waals surface area contributed by atoms with E-state index in [1.165, 1.54) is 30.3 Å². The topological polar surface area (TPSA) is 78.4 Å². The molecule has 0 radical (unpaired) electrons. The zero-order chi connectivity index (χ0) is 15.4. The molecule has 0 fully saturated rings. The molecule has 110 valence electrons. The van der Waals surface area contributed by atoms with Crippen LogP contribution in [-0.2, 0) is 13.2 Å². The third kappa shape index (κ3) is 3.32. The molecule has 0 spiro atoms. The highest BCUT2D eigenvalue weighted by molar-refractivity contribution is 5.38. The molecule has 0 bridgehead atoms. The van der Waals surface area contributed by atoms with Gasteiger partial charge in [0, 0.05) is 23.7 Å². The highest BCUT2D eigenvalue weighted by atomic mass is 19.1. The molecule has 0 aromatic heterocycles. The SMILES string of the molecule is NCc1cc(F)ccc1OCc1cccc([N+](=O)[O-])c1F. The van der Waals surface area contributed by atoms with Gasteiger partial charge >= 0.3 is 5.69 Å². The monoisotopic (exact) mass is 294 g/mol. The summed E-state index contributed by atoms with van der Waals surface area (Å²) in [7, 11) is 0. The molecular formula is C14H12F2N2O3. The van der Waals surface area contributed by atoms with E-state index < -0.39 is 22.2 Å². The molecule has 0 amide bonds. The average molecular weight is 294 g/mol. The molecular weight excluding hydrogens is 282 g/mol. The number of rotatable bonds is 5. The van der Waals surface area contributed by atoms with Crippen molar-refractivity contribution < 1.29 is 18.4 Å². The van der Waals surface area contributed by atoms with E-state index in [9.17, 15) is 18.9 Å². The fraction of sp³-hybridized carbons (Fsp3) is 0.143. The van der Waals surface area contributed by atoms with Gasteiger partial charge in [-0.3, -0.25) is 10.1 Å². The van der Waals surface area contributed by atoms with E-state index in [1.807, 2.05) is 0 Å². The molecule has 5 nitrogen and oxygen atoms in total. The van der Waals surface area contributed by atoms with Gasteiger partial charge in [-0.1, -0.05) is 12.1 Å². The van der Waals surface area contributed by atoms with Gasteiger partial charge in [-0.05, 0) is 18.2 Å². The van der Waals surface area contributed by atoms with Crippen LogP contribution in [0.5, 0.6) is 5.75 Å². The fourth-order valence-corrected chi connectivity index (χ4v) is 1.82. The Hall–Kier alpha value is -2.54. The van der Waals surface area contributed by atoms with Gasteiger partial charge in [0.05, 0.1) is 4.92 Å². The van der Waals surface area contributed by atoms with Gasteiger partial charge in [0.2, 0.25) is 5.82 Å². The van der Waals surface area contributed by atoms with Crippen LogP contribution in [0.25, 0.3) is 0 Å². The molecule has 0 aliphatic rings. The van der Waals surface area contributed by atoms with Crippen LogP contribution in [0.2, 0.25) is 0 Å². The van der Waals surface area contributed by atoms with Crippen LogP contribution in [0.4, 0.5) is 14.5 Å². The van der Waals surface area contributed by atoms with Crippen molar-refractivity contribution in [3.8, 4) is 5.75 Å². The summed E-state index contributed by atoms with van der Waals surface area (Å²) in [6.07, 6.45) is 0. The fourth-order valence-electron chi connectivity index (χ4n) is 1.82. The summed E-state index contributed by atoms with van der Waals surface area (Å²) in [6.45, 7) is -0.156. The van der Waals surface area contributed by atoms with Crippen LogP contribution in [0.3, 0.4) is 0 Å². The van der Waals surface area contributed by atoms with E-state index in [2.05, 4.69) is 0 Å². The van der Waals surface area contributed by atoms with Gasteiger partial charge in [0.1, 0.15) is 18.2 Å². The van der Waals surface area contributed by atoms with Gasteiger partial charge in [-0.2, -0.15) is 4.39 Å². The summed E-state index contributed by atoms with van der Waals surface area (Å²) in [4.78, 5) is 9.85. The van der Waals surface area contributed by atoms with Crippen molar-refractivity contribution in [2.24, 2.45) is 5.73 Å². The maximum Gasteiger partial charge on any atom is 0.305 e. The van der Waals surface area contributed by atoms with E-state index in [1.54, 1.807) is 0 Å². The van der Waals surface area contributed by atoms with E-state index in [0.29, 0.717) is 11.3 Å². The molecule has 7 heteroatoms. The average Bonchev–Trinajstić information content (AvgIpc) is 2.46. The number of nitro groups is 1. The second-order valence-corrected chi connectivity index (χ2v) is 4.25. The Balaban J connectivity index is 2.21. The molecule has 2 aromatic rings. The predicted molar refractivity (Wildman–Crippen MR) is 71.7 cm³/mol. The Kier molecular flexibility index (Phi) is 4.44. The van der Waals surface area contributed by atoms with Gasteiger partial charge in [0.15, 0.2) is 0 Å². The number of nitro benzene ring substituents is 1. The summed E-state index contributed by atoms with van der Waals surface area (Å²) in [5.74, 6) is -1.09. The molecule has 0 aliphatic carbocycles. The molecule has 2 N–H and O–H groups in total. The van der Waals surface area contributed by atoms with Crippen molar-refractivity contribution in [2.45, 2.75) is 13.2 Å². The standard InChI is InChI=1S/C14H12F2N2O3/c15-11-4-5-13(10(6-11)7-17)21-8-9-2-1-3-12(14(9)16)18(19)20/h1-6H,7-8,17H2. The van der Waals surface area contributed by atoms with Gasteiger partial charge in [-0.25, -0.2) is 4.39 Å². The number of ether oxygens (including phenoxy) is 1. The molecule has 0 saturated carbocycles. The number of benzene rings is 2. The van der Waals surface area contributed by atoms with Gasteiger partial charge < -0.3 is 10.5 Å². The maximum atomic E-state index is 13.9. The van der Waals surface area contributed by atoms with Crippen molar-refractivity contribution >= 4 is 5.69 Å². The highest BCUT2D eigenvalue weighted by Crippen LogP contribution is 2.24. The van der Waals surface area contributed by atoms with Crippen LogP contribution in [-0.4, -0.2) is 4.92 Å². The van der Waals surface area contributed by atoms with Crippen LogP contribution in [0.1, 0.15) is 11.1 Å². The largest absolute Gasteiger partial charge is 0.488 e. The minimum Gasteiger partial charge on any atom is -0.488 e. The number of nitrogens with zero attached hydrogens (tertiary/aromatic N) is 1. The third-order valence-corrected chi connectivity index (χ3v) is 2.88. The lowest BCUT2D eigenvalue weighted by molar-refractivity contribution is -0.387. The van der Waals surface area contributed by atoms with Crippen molar-refractivity contribution in [2.75, 3.05) is 0 Å². The normalized spacial score (nSPS) is 10.4. The number of hydrogen-bond donors (Lipinski definition) is 1. The Morgan fingerprint density at radius 2 is 1.95 bits per heavy atom. The lowest BCUT2D eigenvalue weighted by atomic mass is 10.2. The minimum absolute atomic E-state index is 0.0384. The molecule has 0 heterocycles. The Labute approximate surface area is 119 Å². The smallest absolute Gasteiger partial charge is 0.305 e. The van der Waals surface area contributed by atoms with Gasteiger partial charge in [-0.15, -0.1) is 0 Å². The van der Waals surface area contributed by atoms with Crippen LogP contribution in [0.15, 0.2) is 36.4 Å². The lowest BCUT2D eigenvalue weighted by Gasteiger charge is -2.11. The Bertz CT molecular complexity index is 677. The van der Waals surface area contributed by atoms with Crippen molar-refractivity contribution in [3.63, 3.8) is 0 Å². The first-order chi connectivity index (χ1) is 10.0. The van der Waals surface area contributed by atoms with Crippen LogP contribution >= 0.6 is 0 Å². The van der Waals surface area contributed by atoms with Crippen molar-refractivity contribution in [1.82, 2.24) is 0 Å². The van der Waals surface area contributed by atoms with Crippen LogP contribution in [0, 0.1) is 21.7 Å². The first-order valence-corrected chi connectivity index (χ1v) is 6.06. The second-order valence-electron chi connectivity index (χ2n) is 4.25. The summed E-state index contributed by atoms with van der Waals surface area (Å²) in [6, 6.07) is 7.62. The molecule has 2 rings (SSSR count). The van der Waals surface area contributed by atoms with E-state index in [0.717, 1.165) is 6.07 Å². The Morgan fingerprint density at radius 1 is 1.19 bits per heavy atom. The molecule has 0 atom stereocenters. The lowest BCUT2D eigenvalue weighted by Crippen LogP contribution is -2.05. The Morgan fingerprint density at radius 3 is 2.62 bits per heavy atom. The molecule has 0 saturated heterocycles. The van der Waals surface area contributed by atoms with E-state index >= 15 is 0 Å². The third-order valence-electron chi connectivity index (χ3n) is 2.88. The number of hydrogen-bond acceptors (Lipinski definition) is 4. The zero-order valence-corrected chi connectivity index (χ0v) is 10.9. The maximum absolute atomic E-state index is 13.9. The van der Waals surface area contributed by atoms with Crippen molar-refractivity contribution in [1.29, 1.82) is 0 Å². The quantitative estimate of drug-likeness (QED) is 0.679. The summed E-state index contributed by atoms with van der Waals surface area (Å²) in [5.41, 5.74) is 5.33. The number of halogens is 2. The first-order valence-electron chi connectivity index (χ1n) is 6.06. The summed E-state index contributed by atoms with van der Waals surface area (Å²) >= 11 is 0. The first kappa shape index (κ1) is 14.9. The molecule has 0 aliphatic heterocycles. The van der Waals surface area contributed by atoms with Crippen LogP contribution < -0.4 is 10.5 Å². The molecule has 2 aromatic carbocycles. The van der Waals surface area contributed by atoms with E-state index in [-0.39, 0.29) is 18.7 Å². The predicted octanol–water partition coefficient (Wildman–Crippen LogP) is 2.91. The molecule has 21 heavy (non-hydrogen) atoms. The van der Waals surface area contributed by atoms with E-state index in [4.69, 9.17) is 10.5 Å². The summed E-state index contributed by atoms with van der Waals surface area (Å²) < 4.78 is 32.3. The molecule has 0 unspecified atom stereocenters. The highest BCUT2D eigenvalue weighted by Gasteiger charge is 2.17.